The van der Waals surface area contributed by atoms with Crippen molar-refractivity contribution >= 4 is 5.97 Å². The summed E-state index contributed by atoms with van der Waals surface area (Å²) in [4.78, 5) is 12.9. The van der Waals surface area contributed by atoms with Crippen LogP contribution in [0.1, 0.15) is 19.0 Å². The first-order valence-electron chi connectivity index (χ1n) is 6.56. The van der Waals surface area contributed by atoms with Gasteiger partial charge in [0.2, 0.25) is 0 Å². The molecule has 20 heavy (non-hydrogen) atoms. The van der Waals surface area contributed by atoms with E-state index in [-0.39, 0.29) is 0 Å². The molecule has 2 rings (SSSR count). The van der Waals surface area contributed by atoms with Crippen molar-refractivity contribution < 1.29 is 14.4 Å². The second-order valence-corrected chi connectivity index (χ2v) is 4.73. The largest absolute Gasteiger partial charge is 0.480 e. The summed E-state index contributed by atoms with van der Waals surface area (Å²) in [6, 6.07) is 11.0. The van der Waals surface area contributed by atoms with E-state index in [1.807, 2.05) is 43.3 Å². The SMILES string of the molecule is CCC(C(=O)O)N(C)Cc1cc(-c2ccccc2)on1. The first-order chi connectivity index (χ1) is 9.61. The highest BCUT2D eigenvalue weighted by molar-refractivity contribution is 5.73. The third-order valence-corrected chi connectivity index (χ3v) is 3.23. The maximum Gasteiger partial charge on any atom is 0.320 e. The second kappa shape index (κ2) is 6.34. The molecule has 1 unspecified atom stereocenters. The van der Waals surface area contributed by atoms with Gasteiger partial charge in [0.05, 0.1) is 5.69 Å². The summed E-state index contributed by atoms with van der Waals surface area (Å²) < 4.78 is 5.30. The molecule has 0 aliphatic carbocycles. The van der Waals surface area contributed by atoms with Gasteiger partial charge in [0.1, 0.15) is 6.04 Å². The monoisotopic (exact) mass is 274 g/mol. The third-order valence-electron chi connectivity index (χ3n) is 3.23. The Kier molecular flexibility index (Phi) is 4.53. The molecule has 0 spiro atoms. The van der Waals surface area contributed by atoms with E-state index in [2.05, 4.69) is 5.16 Å². The van der Waals surface area contributed by atoms with Crippen molar-refractivity contribution in [3.8, 4) is 11.3 Å². The second-order valence-electron chi connectivity index (χ2n) is 4.73. The molecular weight excluding hydrogens is 256 g/mol. The normalized spacial score (nSPS) is 12.6. The summed E-state index contributed by atoms with van der Waals surface area (Å²) in [5, 5.41) is 13.1. The lowest BCUT2D eigenvalue weighted by atomic mass is 10.1. The summed E-state index contributed by atoms with van der Waals surface area (Å²) in [5.74, 6) is -0.126. The molecule has 1 aromatic heterocycles. The van der Waals surface area contributed by atoms with Gasteiger partial charge >= 0.3 is 5.97 Å². The van der Waals surface area contributed by atoms with Crippen molar-refractivity contribution in [1.29, 1.82) is 0 Å². The minimum Gasteiger partial charge on any atom is -0.480 e. The van der Waals surface area contributed by atoms with Crippen LogP contribution in [0.2, 0.25) is 0 Å². The van der Waals surface area contributed by atoms with Gasteiger partial charge in [-0.3, -0.25) is 9.69 Å². The average Bonchev–Trinajstić information content (AvgIpc) is 2.88. The maximum atomic E-state index is 11.1. The molecule has 2 aromatic rings. The lowest BCUT2D eigenvalue weighted by Crippen LogP contribution is -2.37. The number of nitrogens with zero attached hydrogens (tertiary/aromatic N) is 2. The molecule has 0 bridgehead atoms. The zero-order chi connectivity index (χ0) is 14.5. The van der Waals surface area contributed by atoms with Crippen molar-refractivity contribution in [3.05, 3.63) is 42.1 Å². The minimum atomic E-state index is -0.818. The quantitative estimate of drug-likeness (QED) is 0.877. The van der Waals surface area contributed by atoms with Crippen LogP contribution >= 0.6 is 0 Å². The summed E-state index contributed by atoms with van der Waals surface area (Å²) in [6.45, 7) is 2.30. The molecule has 1 aromatic carbocycles. The number of rotatable bonds is 6. The molecule has 0 saturated carbocycles. The van der Waals surface area contributed by atoms with Crippen molar-refractivity contribution in [1.82, 2.24) is 10.1 Å². The summed E-state index contributed by atoms with van der Waals surface area (Å²) >= 11 is 0. The average molecular weight is 274 g/mol. The van der Waals surface area contributed by atoms with Crippen molar-refractivity contribution in [3.63, 3.8) is 0 Å². The molecule has 0 fully saturated rings. The van der Waals surface area contributed by atoms with E-state index >= 15 is 0 Å². The molecule has 0 saturated heterocycles. The maximum absolute atomic E-state index is 11.1. The molecule has 0 amide bonds. The number of aromatic nitrogens is 1. The topological polar surface area (TPSA) is 66.6 Å². The van der Waals surface area contributed by atoms with Crippen molar-refractivity contribution in [2.75, 3.05) is 7.05 Å². The van der Waals surface area contributed by atoms with Gasteiger partial charge in [-0.05, 0) is 13.5 Å². The Balaban J connectivity index is 2.08. The zero-order valence-electron chi connectivity index (χ0n) is 11.6. The van der Waals surface area contributed by atoms with E-state index in [0.717, 1.165) is 11.3 Å². The van der Waals surface area contributed by atoms with Crippen LogP contribution in [0.4, 0.5) is 0 Å². The van der Waals surface area contributed by atoms with E-state index in [1.165, 1.54) is 0 Å². The number of benzene rings is 1. The highest BCUT2D eigenvalue weighted by atomic mass is 16.5. The fourth-order valence-electron chi connectivity index (χ4n) is 2.17. The van der Waals surface area contributed by atoms with Crippen molar-refractivity contribution in [2.24, 2.45) is 0 Å². The van der Waals surface area contributed by atoms with Crippen LogP contribution in [-0.2, 0) is 11.3 Å². The number of carboxylic acids is 1. The van der Waals surface area contributed by atoms with E-state index in [1.54, 1.807) is 11.9 Å². The Morgan fingerprint density at radius 1 is 1.40 bits per heavy atom. The van der Waals surface area contributed by atoms with Gasteiger partial charge in [0.15, 0.2) is 5.76 Å². The molecule has 0 aliphatic rings. The minimum absolute atomic E-state index is 0.446. The van der Waals surface area contributed by atoms with Gasteiger partial charge in [-0.1, -0.05) is 42.4 Å². The molecular formula is C15H18N2O3. The zero-order valence-corrected chi connectivity index (χ0v) is 11.6. The first kappa shape index (κ1) is 14.3. The van der Waals surface area contributed by atoms with E-state index in [0.29, 0.717) is 18.7 Å². The van der Waals surface area contributed by atoms with E-state index < -0.39 is 12.0 Å². The van der Waals surface area contributed by atoms with E-state index in [4.69, 9.17) is 9.63 Å². The smallest absolute Gasteiger partial charge is 0.320 e. The van der Waals surface area contributed by atoms with E-state index in [9.17, 15) is 4.79 Å². The fourth-order valence-corrected chi connectivity index (χ4v) is 2.17. The number of hydrogen-bond donors (Lipinski definition) is 1. The van der Waals surface area contributed by atoms with Gasteiger partial charge in [-0.15, -0.1) is 0 Å². The number of likely N-dealkylation sites (N-methyl/N-ethyl adjacent to an activating group) is 1. The Morgan fingerprint density at radius 3 is 2.70 bits per heavy atom. The van der Waals surface area contributed by atoms with Gasteiger partial charge in [0.25, 0.3) is 0 Å². The van der Waals surface area contributed by atoms with Gasteiger partial charge in [0, 0.05) is 18.2 Å². The number of hydrogen-bond acceptors (Lipinski definition) is 4. The Labute approximate surface area is 117 Å². The lowest BCUT2D eigenvalue weighted by Gasteiger charge is -2.21. The molecule has 1 atom stereocenters. The highest BCUT2D eigenvalue weighted by Crippen LogP contribution is 2.20. The molecule has 5 heteroatoms. The van der Waals surface area contributed by atoms with Gasteiger partial charge in [-0.2, -0.15) is 0 Å². The van der Waals surface area contributed by atoms with Crippen LogP contribution in [0.25, 0.3) is 11.3 Å². The molecule has 1 N–H and O–H groups in total. The molecule has 106 valence electrons. The first-order valence-corrected chi connectivity index (χ1v) is 6.56. The van der Waals surface area contributed by atoms with Crippen LogP contribution in [-0.4, -0.2) is 34.2 Å². The molecule has 0 radical (unpaired) electrons. The standard InChI is InChI=1S/C15H18N2O3/c1-3-13(15(18)19)17(2)10-12-9-14(20-16-12)11-7-5-4-6-8-11/h4-9,13H,3,10H2,1-2H3,(H,18,19). The highest BCUT2D eigenvalue weighted by Gasteiger charge is 2.21. The van der Waals surface area contributed by atoms with Crippen LogP contribution < -0.4 is 0 Å². The molecule has 1 heterocycles. The number of carboxylic acid groups (broad SMARTS) is 1. The summed E-state index contributed by atoms with van der Waals surface area (Å²) in [5.41, 5.74) is 1.69. The molecule has 0 aliphatic heterocycles. The number of aliphatic carboxylic acids is 1. The van der Waals surface area contributed by atoms with Gasteiger partial charge in [-0.25, -0.2) is 0 Å². The predicted molar refractivity (Wildman–Crippen MR) is 75.1 cm³/mol. The van der Waals surface area contributed by atoms with Crippen LogP contribution in [0.15, 0.2) is 40.9 Å². The van der Waals surface area contributed by atoms with Crippen LogP contribution in [0.3, 0.4) is 0 Å². The van der Waals surface area contributed by atoms with Crippen LogP contribution in [0, 0.1) is 0 Å². The van der Waals surface area contributed by atoms with Gasteiger partial charge < -0.3 is 9.63 Å². The fraction of sp³-hybridized carbons (Fsp3) is 0.333. The third kappa shape index (κ3) is 3.24. The van der Waals surface area contributed by atoms with Crippen molar-refractivity contribution in [2.45, 2.75) is 25.9 Å². The Bertz CT molecular complexity index is 566. The Morgan fingerprint density at radius 2 is 2.10 bits per heavy atom. The predicted octanol–water partition coefficient (Wildman–Crippen LogP) is 2.64. The number of carbonyl (C=O) groups is 1. The summed E-state index contributed by atoms with van der Waals surface area (Å²) in [6.07, 6.45) is 0.551. The summed E-state index contributed by atoms with van der Waals surface area (Å²) in [7, 11) is 1.78. The lowest BCUT2D eigenvalue weighted by molar-refractivity contribution is -0.143. The molecule has 5 nitrogen and oxygen atoms in total. The Hall–Kier alpha value is -2.14. The van der Waals surface area contributed by atoms with Crippen LogP contribution in [0.5, 0.6) is 0 Å².